The van der Waals surface area contributed by atoms with Crippen LogP contribution >= 0.6 is 7.80 Å². The molecule has 1 radical (unpaired) electrons. The fourth-order valence-corrected chi connectivity index (χ4v) is 4.75. The van der Waals surface area contributed by atoms with E-state index in [0.717, 1.165) is 0 Å². The lowest BCUT2D eigenvalue weighted by atomic mass is 10.0. The minimum Gasteiger partial charge on any atom is -0.496 e. The van der Waals surface area contributed by atoms with Gasteiger partial charge in [0.25, 0.3) is 0 Å². The summed E-state index contributed by atoms with van der Waals surface area (Å²) in [5, 5.41) is 0.148. The predicted octanol–water partition coefficient (Wildman–Crippen LogP) is 4.44. The van der Waals surface area contributed by atoms with Crippen molar-refractivity contribution in [2.24, 2.45) is 0 Å². The van der Waals surface area contributed by atoms with Crippen LogP contribution in [0.4, 0.5) is 0 Å². The highest BCUT2D eigenvalue weighted by molar-refractivity contribution is 7.72. The molecule has 0 N–H and O–H groups in total. The molecule has 0 aliphatic carbocycles. The van der Waals surface area contributed by atoms with Crippen LogP contribution in [0.15, 0.2) is 60.7 Å². The van der Waals surface area contributed by atoms with Crippen LogP contribution in [0.2, 0.25) is 0 Å². The Bertz CT molecular complexity index is 1140. The standard InChI is InChI=1S/C25H24O7P/c1-29-19-11-8-12-20(30-2)23(19)18(26)13-16-14-21(31-3)24(22(15-16)32-4)33(28)25(27)17-9-6-5-7-10-17/h5-12,14-15H,13H2,1-4H3. The lowest BCUT2D eigenvalue weighted by molar-refractivity contribution is 0.0986. The van der Waals surface area contributed by atoms with Crippen molar-refractivity contribution >= 4 is 24.4 Å². The van der Waals surface area contributed by atoms with Gasteiger partial charge in [-0.3, -0.25) is 14.2 Å². The summed E-state index contributed by atoms with van der Waals surface area (Å²) in [6.07, 6.45) is -0.0207. The highest BCUT2D eigenvalue weighted by Gasteiger charge is 2.27. The fraction of sp³-hybridized carbons (Fsp3) is 0.200. The molecule has 3 aromatic rings. The summed E-state index contributed by atoms with van der Waals surface area (Å²) in [4.78, 5) is 25.9. The Labute approximate surface area is 193 Å². The van der Waals surface area contributed by atoms with E-state index in [1.807, 2.05) is 0 Å². The number of hydrogen-bond acceptors (Lipinski definition) is 7. The van der Waals surface area contributed by atoms with Crippen LogP contribution in [0.5, 0.6) is 23.0 Å². The van der Waals surface area contributed by atoms with Gasteiger partial charge in [0.15, 0.2) is 13.6 Å². The average Bonchev–Trinajstić information content (AvgIpc) is 2.86. The monoisotopic (exact) mass is 467 g/mol. The number of Topliss-reactive ketones (excluding diaryl/α,β-unsaturated/α-hetero) is 1. The van der Waals surface area contributed by atoms with Gasteiger partial charge in [-0.1, -0.05) is 36.4 Å². The van der Waals surface area contributed by atoms with Crippen LogP contribution in [0.25, 0.3) is 0 Å². The minimum atomic E-state index is -2.52. The first kappa shape index (κ1) is 24.0. The van der Waals surface area contributed by atoms with E-state index in [1.54, 1.807) is 60.7 Å². The van der Waals surface area contributed by atoms with Gasteiger partial charge in [0.05, 0.1) is 28.4 Å². The predicted molar refractivity (Wildman–Crippen MR) is 125 cm³/mol. The number of rotatable bonds is 10. The van der Waals surface area contributed by atoms with Gasteiger partial charge in [0, 0.05) is 12.0 Å². The van der Waals surface area contributed by atoms with Gasteiger partial charge in [-0.15, -0.1) is 0 Å². The highest BCUT2D eigenvalue weighted by atomic mass is 31.1. The molecule has 0 aromatic heterocycles. The summed E-state index contributed by atoms with van der Waals surface area (Å²) >= 11 is 0. The molecule has 0 aliphatic heterocycles. The van der Waals surface area contributed by atoms with Crippen LogP contribution in [0.3, 0.4) is 0 Å². The molecule has 0 bridgehead atoms. The number of ether oxygens (including phenoxy) is 4. The smallest absolute Gasteiger partial charge is 0.246 e. The second-order valence-corrected chi connectivity index (χ2v) is 8.39. The quantitative estimate of drug-likeness (QED) is 0.322. The van der Waals surface area contributed by atoms with E-state index in [9.17, 15) is 14.2 Å². The van der Waals surface area contributed by atoms with E-state index < -0.39 is 13.3 Å². The molecule has 8 heteroatoms. The molecule has 171 valence electrons. The third kappa shape index (κ3) is 5.04. The molecule has 7 nitrogen and oxygen atoms in total. The number of benzene rings is 3. The Morgan fingerprint density at radius 3 is 1.73 bits per heavy atom. The lowest BCUT2D eigenvalue weighted by Crippen LogP contribution is -2.14. The van der Waals surface area contributed by atoms with Gasteiger partial charge >= 0.3 is 0 Å². The average molecular weight is 467 g/mol. The van der Waals surface area contributed by atoms with Crippen molar-refractivity contribution in [3.8, 4) is 23.0 Å². The van der Waals surface area contributed by atoms with E-state index in [2.05, 4.69) is 0 Å². The molecule has 1 unspecified atom stereocenters. The second kappa shape index (κ2) is 10.7. The summed E-state index contributed by atoms with van der Waals surface area (Å²) in [7, 11) is 3.25. The van der Waals surface area contributed by atoms with Crippen molar-refractivity contribution in [3.63, 3.8) is 0 Å². The Morgan fingerprint density at radius 1 is 0.727 bits per heavy atom. The number of methoxy groups -OCH3 is 4. The zero-order valence-corrected chi connectivity index (χ0v) is 19.7. The fourth-order valence-electron chi connectivity index (χ4n) is 3.45. The van der Waals surface area contributed by atoms with Crippen LogP contribution in [-0.2, 0) is 11.0 Å². The minimum absolute atomic E-state index is 0.0207. The Hall–Kier alpha value is -3.70. The second-order valence-electron chi connectivity index (χ2n) is 6.95. The molecule has 0 saturated carbocycles. The molecule has 0 amide bonds. The summed E-state index contributed by atoms with van der Waals surface area (Å²) < 4.78 is 34.7. The maximum Gasteiger partial charge on any atom is 0.246 e. The van der Waals surface area contributed by atoms with E-state index >= 15 is 0 Å². The van der Waals surface area contributed by atoms with Gasteiger partial charge in [-0.25, -0.2) is 0 Å². The maximum absolute atomic E-state index is 13.2. The Balaban J connectivity index is 1.99. The first-order valence-corrected chi connectivity index (χ1v) is 11.3. The van der Waals surface area contributed by atoms with Crippen molar-refractivity contribution < 1.29 is 33.1 Å². The SMILES string of the molecule is COc1cccc(OC)c1C(=O)Cc1cc(OC)c([P](=O)C(=O)c2ccccc2)c(OC)c1. The zero-order valence-electron chi connectivity index (χ0n) is 18.8. The van der Waals surface area contributed by atoms with Crippen LogP contribution in [0, 0.1) is 0 Å². The normalized spacial score (nSPS) is 10.8. The molecule has 1 atom stereocenters. The molecule has 0 saturated heterocycles. The number of ketones is 1. The molecule has 0 heterocycles. The Morgan fingerprint density at radius 2 is 1.24 bits per heavy atom. The number of hydrogen-bond donors (Lipinski definition) is 0. The molecule has 0 spiro atoms. The third-order valence-electron chi connectivity index (χ3n) is 5.02. The maximum atomic E-state index is 13.2. The van der Waals surface area contributed by atoms with Gasteiger partial charge < -0.3 is 18.9 Å². The van der Waals surface area contributed by atoms with E-state index in [1.165, 1.54) is 28.4 Å². The molecule has 0 fully saturated rings. The summed E-state index contributed by atoms with van der Waals surface area (Å²) in [5.74, 6) is 0.952. The third-order valence-corrected chi connectivity index (χ3v) is 6.49. The van der Waals surface area contributed by atoms with Crippen molar-refractivity contribution in [3.05, 3.63) is 77.4 Å². The molecule has 3 aromatic carbocycles. The molecule has 3 rings (SSSR count). The van der Waals surface area contributed by atoms with Gasteiger partial charge in [-0.2, -0.15) is 0 Å². The highest BCUT2D eigenvalue weighted by Crippen LogP contribution is 2.37. The molecular formula is C25H24O7P. The zero-order chi connectivity index (χ0) is 24.0. The molecular weight excluding hydrogens is 443 g/mol. The topological polar surface area (TPSA) is 88.1 Å². The molecule has 33 heavy (non-hydrogen) atoms. The van der Waals surface area contributed by atoms with Crippen molar-refractivity contribution in [2.75, 3.05) is 28.4 Å². The van der Waals surface area contributed by atoms with E-state index in [4.69, 9.17) is 18.9 Å². The number of carbonyl (C=O) groups is 2. The molecule has 0 aliphatic rings. The summed E-state index contributed by atoms with van der Waals surface area (Å²) in [5.41, 5.74) is 0.658. The first-order valence-electron chi connectivity index (χ1n) is 10.0. The summed E-state index contributed by atoms with van der Waals surface area (Å²) in [6.45, 7) is 0. The summed E-state index contributed by atoms with van der Waals surface area (Å²) in [6, 6.07) is 16.6. The van der Waals surface area contributed by atoms with Crippen molar-refractivity contribution in [2.45, 2.75) is 6.42 Å². The van der Waals surface area contributed by atoms with Crippen molar-refractivity contribution in [1.82, 2.24) is 0 Å². The van der Waals surface area contributed by atoms with Gasteiger partial charge in [0.2, 0.25) is 5.52 Å². The number of carbonyl (C=O) groups excluding carboxylic acids is 2. The van der Waals surface area contributed by atoms with Gasteiger partial charge in [0.1, 0.15) is 33.9 Å². The van der Waals surface area contributed by atoms with Crippen LogP contribution in [0.1, 0.15) is 26.3 Å². The Kier molecular flexibility index (Phi) is 7.80. The largest absolute Gasteiger partial charge is 0.496 e. The van der Waals surface area contributed by atoms with Crippen LogP contribution < -0.4 is 24.3 Å². The first-order chi connectivity index (χ1) is 15.9. The van der Waals surface area contributed by atoms with Gasteiger partial charge in [-0.05, 0) is 29.8 Å². The van der Waals surface area contributed by atoms with Crippen LogP contribution in [-0.4, -0.2) is 39.7 Å². The van der Waals surface area contributed by atoms with E-state index in [0.29, 0.717) is 28.2 Å². The van der Waals surface area contributed by atoms with Crippen molar-refractivity contribution in [1.29, 1.82) is 0 Å². The van der Waals surface area contributed by atoms with E-state index in [-0.39, 0.29) is 29.0 Å². The lowest BCUT2D eigenvalue weighted by Gasteiger charge is -2.15.